The molecule has 1 heterocycles. The zero-order chi connectivity index (χ0) is 14.8. The SMILES string of the molecule is CNCc1cc(S(=O)(=O)Nc2ccc(C)c(Br)c2)c[nH]1. The van der Waals surface area contributed by atoms with E-state index in [4.69, 9.17) is 0 Å². The molecule has 108 valence electrons. The number of aryl methyl sites for hydroxylation is 1. The van der Waals surface area contributed by atoms with Gasteiger partial charge in [-0.25, -0.2) is 8.42 Å². The largest absolute Gasteiger partial charge is 0.363 e. The van der Waals surface area contributed by atoms with E-state index in [2.05, 4.69) is 31.0 Å². The second kappa shape index (κ2) is 5.99. The molecule has 1 aromatic heterocycles. The number of H-pyrrole nitrogens is 1. The highest BCUT2D eigenvalue weighted by molar-refractivity contribution is 9.10. The predicted octanol–water partition coefficient (Wildman–Crippen LogP) is 2.61. The predicted molar refractivity (Wildman–Crippen MR) is 83.2 cm³/mol. The van der Waals surface area contributed by atoms with E-state index >= 15 is 0 Å². The van der Waals surface area contributed by atoms with Gasteiger partial charge in [0.25, 0.3) is 10.0 Å². The van der Waals surface area contributed by atoms with Crippen LogP contribution in [0.25, 0.3) is 0 Å². The fraction of sp³-hybridized carbons (Fsp3) is 0.231. The molecule has 0 saturated heterocycles. The molecule has 0 bridgehead atoms. The van der Waals surface area contributed by atoms with Crippen molar-refractivity contribution in [2.75, 3.05) is 11.8 Å². The number of nitrogens with one attached hydrogen (secondary N) is 3. The summed E-state index contributed by atoms with van der Waals surface area (Å²) >= 11 is 3.39. The van der Waals surface area contributed by atoms with Crippen LogP contribution in [0.3, 0.4) is 0 Å². The molecule has 2 aromatic rings. The molecule has 5 nitrogen and oxygen atoms in total. The molecular formula is C13H16BrN3O2S. The van der Waals surface area contributed by atoms with Crippen LogP contribution in [0.4, 0.5) is 5.69 Å². The van der Waals surface area contributed by atoms with Crippen LogP contribution >= 0.6 is 15.9 Å². The molecule has 2 rings (SSSR count). The van der Waals surface area contributed by atoms with Crippen molar-refractivity contribution < 1.29 is 8.42 Å². The number of aromatic amines is 1. The van der Waals surface area contributed by atoms with Gasteiger partial charge < -0.3 is 10.3 Å². The maximum absolute atomic E-state index is 12.2. The first-order valence-corrected chi connectivity index (χ1v) is 8.31. The second-order valence-corrected chi connectivity index (χ2v) is 7.00. The van der Waals surface area contributed by atoms with Gasteiger partial charge >= 0.3 is 0 Å². The Kier molecular flexibility index (Phi) is 4.52. The molecule has 0 aliphatic carbocycles. The van der Waals surface area contributed by atoms with Gasteiger partial charge in [0.15, 0.2) is 0 Å². The topological polar surface area (TPSA) is 74.0 Å². The van der Waals surface area contributed by atoms with Crippen molar-refractivity contribution >= 4 is 31.6 Å². The summed E-state index contributed by atoms with van der Waals surface area (Å²) in [6.07, 6.45) is 1.48. The van der Waals surface area contributed by atoms with E-state index in [1.807, 2.05) is 13.0 Å². The number of benzene rings is 1. The highest BCUT2D eigenvalue weighted by Gasteiger charge is 2.16. The average molecular weight is 358 g/mol. The minimum atomic E-state index is -3.57. The Hall–Kier alpha value is -1.31. The Bertz CT molecular complexity index is 710. The highest BCUT2D eigenvalue weighted by Crippen LogP contribution is 2.23. The fourth-order valence-corrected chi connectivity index (χ4v) is 3.18. The van der Waals surface area contributed by atoms with Gasteiger partial charge in [0.2, 0.25) is 0 Å². The van der Waals surface area contributed by atoms with Gasteiger partial charge in [-0.2, -0.15) is 0 Å². The lowest BCUT2D eigenvalue weighted by Gasteiger charge is -2.07. The number of halogens is 1. The van der Waals surface area contributed by atoms with Gasteiger partial charge in [-0.3, -0.25) is 4.72 Å². The summed E-state index contributed by atoms with van der Waals surface area (Å²) in [6.45, 7) is 2.53. The Morgan fingerprint density at radius 1 is 1.30 bits per heavy atom. The Morgan fingerprint density at radius 2 is 2.05 bits per heavy atom. The van der Waals surface area contributed by atoms with Gasteiger partial charge in [-0.05, 0) is 37.7 Å². The number of hydrogen-bond donors (Lipinski definition) is 3. The maximum atomic E-state index is 12.2. The van der Waals surface area contributed by atoms with E-state index in [1.54, 1.807) is 25.2 Å². The van der Waals surface area contributed by atoms with Crippen LogP contribution in [0.15, 0.2) is 39.8 Å². The highest BCUT2D eigenvalue weighted by atomic mass is 79.9. The minimum Gasteiger partial charge on any atom is -0.363 e. The van der Waals surface area contributed by atoms with Crippen molar-refractivity contribution in [1.82, 2.24) is 10.3 Å². The first-order chi connectivity index (χ1) is 9.42. The van der Waals surface area contributed by atoms with Crippen molar-refractivity contribution in [3.8, 4) is 0 Å². The van der Waals surface area contributed by atoms with Gasteiger partial charge in [0, 0.05) is 28.6 Å². The lowest BCUT2D eigenvalue weighted by atomic mass is 10.2. The first-order valence-electron chi connectivity index (χ1n) is 6.03. The van der Waals surface area contributed by atoms with E-state index in [9.17, 15) is 8.42 Å². The van der Waals surface area contributed by atoms with Gasteiger partial charge in [-0.1, -0.05) is 22.0 Å². The molecule has 0 atom stereocenters. The van der Waals surface area contributed by atoms with Crippen molar-refractivity contribution in [3.63, 3.8) is 0 Å². The van der Waals surface area contributed by atoms with Crippen molar-refractivity contribution in [3.05, 3.63) is 46.2 Å². The molecule has 1 aromatic carbocycles. The first kappa shape index (κ1) is 15.1. The third-order valence-electron chi connectivity index (χ3n) is 2.82. The normalized spacial score (nSPS) is 11.6. The number of sulfonamides is 1. The van der Waals surface area contributed by atoms with Crippen LogP contribution in [0, 0.1) is 6.92 Å². The number of hydrogen-bond acceptors (Lipinski definition) is 3. The molecular weight excluding hydrogens is 342 g/mol. The standard InChI is InChI=1S/C13H16BrN3O2S/c1-9-3-4-10(6-13(9)14)17-20(18,19)12-5-11(7-15-2)16-8-12/h3-6,8,15-17H,7H2,1-2H3. The molecule has 0 spiro atoms. The summed E-state index contributed by atoms with van der Waals surface area (Å²) in [6, 6.07) is 6.94. The van der Waals surface area contributed by atoms with E-state index in [-0.39, 0.29) is 4.90 Å². The average Bonchev–Trinajstić information content (AvgIpc) is 2.83. The zero-order valence-corrected chi connectivity index (χ0v) is 13.6. The van der Waals surface area contributed by atoms with E-state index in [0.29, 0.717) is 12.2 Å². The molecule has 0 aliphatic rings. The Morgan fingerprint density at radius 3 is 2.70 bits per heavy atom. The molecule has 0 unspecified atom stereocenters. The van der Waals surface area contributed by atoms with Crippen LogP contribution in [-0.4, -0.2) is 20.4 Å². The molecule has 0 amide bonds. The summed E-state index contributed by atoms with van der Waals surface area (Å²) in [7, 11) is -1.77. The number of rotatable bonds is 5. The second-order valence-electron chi connectivity index (χ2n) is 4.46. The summed E-state index contributed by atoms with van der Waals surface area (Å²) in [5, 5.41) is 2.96. The van der Waals surface area contributed by atoms with E-state index in [1.165, 1.54) is 6.20 Å². The van der Waals surface area contributed by atoms with Crippen molar-refractivity contribution in [2.45, 2.75) is 18.4 Å². The van der Waals surface area contributed by atoms with Gasteiger partial charge in [0.05, 0.1) is 0 Å². The summed E-state index contributed by atoms with van der Waals surface area (Å²) < 4.78 is 27.9. The monoisotopic (exact) mass is 357 g/mol. The summed E-state index contributed by atoms with van der Waals surface area (Å²) in [5.74, 6) is 0. The van der Waals surface area contributed by atoms with Gasteiger partial charge in [-0.15, -0.1) is 0 Å². The number of aromatic nitrogens is 1. The quantitative estimate of drug-likeness (QED) is 0.769. The summed E-state index contributed by atoms with van der Waals surface area (Å²) in [5.41, 5.74) is 2.39. The Labute approximate surface area is 127 Å². The Balaban J connectivity index is 2.23. The van der Waals surface area contributed by atoms with Crippen molar-refractivity contribution in [2.24, 2.45) is 0 Å². The molecule has 3 N–H and O–H groups in total. The number of anilines is 1. The van der Waals surface area contributed by atoms with Crippen LogP contribution in [-0.2, 0) is 16.6 Å². The third-order valence-corrected chi connectivity index (χ3v) is 5.03. The maximum Gasteiger partial charge on any atom is 0.263 e. The smallest absolute Gasteiger partial charge is 0.263 e. The van der Waals surface area contributed by atoms with E-state index < -0.39 is 10.0 Å². The molecule has 0 fully saturated rings. The summed E-state index contributed by atoms with van der Waals surface area (Å²) in [4.78, 5) is 3.15. The lowest BCUT2D eigenvalue weighted by molar-refractivity contribution is 0.601. The lowest BCUT2D eigenvalue weighted by Crippen LogP contribution is -2.12. The van der Waals surface area contributed by atoms with Crippen LogP contribution in [0.5, 0.6) is 0 Å². The van der Waals surface area contributed by atoms with E-state index in [0.717, 1.165) is 15.7 Å². The molecule has 0 radical (unpaired) electrons. The zero-order valence-electron chi connectivity index (χ0n) is 11.2. The minimum absolute atomic E-state index is 0.222. The molecule has 0 aliphatic heterocycles. The fourth-order valence-electron chi connectivity index (χ4n) is 1.74. The third kappa shape index (κ3) is 3.41. The molecule has 0 saturated carbocycles. The van der Waals surface area contributed by atoms with Crippen LogP contribution < -0.4 is 10.0 Å². The van der Waals surface area contributed by atoms with Gasteiger partial charge in [0.1, 0.15) is 4.90 Å². The molecule has 7 heteroatoms. The van der Waals surface area contributed by atoms with Crippen LogP contribution in [0.2, 0.25) is 0 Å². The van der Waals surface area contributed by atoms with Crippen LogP contribution in [0.1, 0.15) is 11.3 Å². The molecule has 20 heavy (non-hydrogen) atoms. The van der Waals surface area contributed by atoms with Crippen molar-refractivity contribution in [1.29, 1.82) is 0 Å².